The average Bonchev–Trinajstić information content (AvgIpc) is 2.44. The van der Waals surface area contributed by atoms with Gasteiger partial charge in [-0.3, -0.25) is 0 Å². The second-order valence-electron chi connectivity index (χ2n) is 4.47. The SMILES string of the molecule is CNC(C)c1ccc(S(=O)(=O)NCC(F)(F)C(F)F)cc1. The summed E-state index contributed by atoms with van der Waals surface area (Å²) >= 11 is 0. The van der Waals surface area contributed by atoms with E-state index in [0.717, 1.165) is 5.56 Å². The molecule has 1 atom stereocenters. The van der Waals surface area contributed by atoms with E-state index in [9.17, 15) is 26.0 Å². The summed E-state index contributed by atoms with van der Waals surface area (Å²) in [7, 11) is -2.53. The zero-order valence-corrected chi connectivity index (χ0v) is 12.2. The third kappa shape index (κ3) is 4.65. The van der Waals surface area contributed by atoms with Crippen LogP contribution in [-0.4, -0.2) is 34.4 Å². The van der Waals surface area contributed by atoms with E-state index >= 15 is 0 Å². The maximum atomic E-state index is 12.7. The van der Waals surface area contributed by atoms with Crippen LogP contribution in [0.25, 0.3) is 0 Å². The topological polar surface area (TPSA) is 58.2 Å². The highest BCUT2D eigenvalue weighted by molar-refractivity contribution is 7.89. The Hall–Kier alpha value is -1.19. The first kappa shape index (κ1) is 17.9. The number of alkyl halides is 4. The highest BCUT2D eigenvalue weighted by atomic mass is 32.2. The summed E-state index contributed by atoms with van der Waals surface area (Å²) in [5.74, 6) is -4.41. The predicted molar refractivity (Wildman–Crippen MR) is 70.1 cm³/mol. The summed E-state index contributed by atoms with van der Waals surface area (Å²) in [5, 5.41) is 2.95. The zero-order valence-electron chi connectivity index (χ0n) is 11.4. The molecule has 0 aromatic heterocycles. The van der Waals surface area contributed by atoms with Crippen molar-refractivity contribution >= 4 is 10.0 Å². The van der Waals surface area contributed by atoms with Gasteiger partial charge in [0.15, 0.2) is 0 Å². The van der Waals surface area contributed by atoms with E-state index in [0.29, 0.717) is 0 Å². The van der Waals surface area contributed by atoms with E-state index in [1.54, 1.807) is 7.05 Å². The van der Waals surface area contributed by atoms with Crippen molar-refractivity contribution in [2.24, 2.45) is 0 Å². The Kier molecular flexibility index (Phi) is 5.71. The van der Waals surface area contributed by atoms with Crippen LogP contribution in [0.4, 0.5) is 17.6 Å². The molecule has 0 aliphatic heterocycles. The minimum Gasteiger partial charge on any atom is -0.313 e. The van der Waals surface area contributed by atoms with Crippen molar-refractivity contribution in [1.29, 1.82) is 0 Å². The smallest absolute Gasteiger partial charge is 0.313 e. The van der Waals surface area contributed by atoms with Crippen LogP contribution in [0.15, 0.2) is 29.2 Å². The molecule has 1 unspecified atom stereocenters. The van der Waals surface area contributed by atoms with Crippen LogP contribution in [0.1, 0.15) is 18.5 Å². The minimum atomic E-state index is -4.41. The summed E-state index contributed by atoms with van der Waals surface area (Å²) in [5.41, 5.74) is 0.800. The molecular weight excluding hydrogens is 312 g/mol. The summed E-state index contributed by atoms with van der Waals surface area (Å²) in [6.07, 6.45) is -3.93. The first-order valence-electron chi connectivity index (χ1n) is 6.03. The van der Waals surface area contributed by atoms with Gasteiger partial charge < -0.3 is 5.32 Å². The lowest BCUT2D eigenvalue weighted by molar-refractivity contribution is -0.122. The van der Waals surface area contributed by atoms with Gasteiger partial charge in [0.05, 0.1) is 11.4 Å². The Morgan fingerprint density at radius 3 is 2.14 bits per heavy atom. The third-order valence-electron chi connectivity index (χ3n) is 2.94. The van der Waals surface area contributed by atoms with Gasteiger partial charge in [0.25, 0.3) is 0 Å². The van der Waals surface area contributed by atoms with Crippen LogP contribution in [-0.2, 0) is 10.0 Å². The molecule has 0 amide bonds. The number of hydrogen-bond acceptors (Lipinski definition) is 3. The normalized spacial score (nSPS) is 14.4. The Balaban J connectivity index is 2.84. The fourth-order valence-electron chi connectivity index (χ4n) is 1.45. The predicted octanol–water partition coefficient (Wildman–Crippen LogP) is 2.15. The molecule has 1 rings (SSSR count). The number of hydrogen-bond donors (Lipinski definition) is 2. The van der Waals surface area contributed by atoms with E-state index in [1.165, 1.54) is 29.0 Å². The van der Waals surface area contributed by atoms with Gasteiger partial charge in [-0.1, -0.05) is 12.1 Å². The molecule has 0 radical (unpaired) electrons. The molecule has 0 fully saturated rings. The maximum Gasteiger partial charge on any atom is 0.320 e. The van der Waals surface area contributed by atoms with E-state index in [-0.39, 0.29) is 10.9 Å². The van der Waals surface area contributed by atoms with Crippen molar-refractivity contribution in [3.63, 3.8) is 0 Å². The molecule has 0 aliphatic rings. The Morgan fingerprint density at radius 1 is 1.19 bits per heavy atom. The van der Waals surface area contributed by atoms with Crippen LogP contribution in [0, 0.1) is 0 Å². The van der Waals surface area contributed by atoms with Crippen LogP contribution in [0.3, 0.4) is 0 Å². The maximum absolute atomic E-state index is 12.7. The first-order valence-corrected chi connectivity index (χ1v) is 7.51. The second kappa shape index (κ2) is 6.71. The Morgan fingerprint density at radius 2 is 1.71 bits per heavy atom. The van der Waals surface area contributed by atoms with Gasteiger partial charge in [-0.15, -0.1) is 0 Å². The fraction of sp³-hybridized carbons (Fsp3) is 0.500. The molecule has 9 heteroatoms. The molecule has 0 bridgehead atoms. The van der Waals surface area contributed by atoms with Crippen LogP contribution in [0.5, 0.6) is 0 Å². The van der Waals surface area contributed by atoms with E-state index in [1.807, 2.05) is 6.92 Å². The quantitative estimate of drug-likeness (QED) is 0.754. The van der Waals surface area contributed by atoms with Gasteiger partial charge >= 0.3 is 12.3 Å². The highest BCUT2D eigenvalue weighted by Crippen LogP contribution is 2.22. The molecular formula is C12H16F4N2O2S. The molecule has 0 spiro atoms. The number of benzene rings is 1. The summed E-state index contributed by atoms with van der Waals surface area (Å²) in [4.78, 5) is -0.264. The van der Waals surface area contributed by atoms with Crippen molar-refractivity contribution in [1.82, 2.24) is 10.0 Å². The molecule has 4 nitrogen and oxygen atoms in total. The molecule has 2 N–H and O–H groups in total. The molecule has 0 heterocycles. The highest BCUT2D eigenvalue weighted by Gasteiger charge is 2.41. The van der Waals surface area contributed by atoms with Crippen LogP contribution >= 0.6 is 0 Å². The van der Waals surface area contributed by atoms with E-state index in [2.05, 4.69) is 5.32 Å². The van der Waals surface area contributed by atoms with Crippen molar-refractivity contribution in [3.8, 4) is 0 Å². The monoisotopic (exact) mass is 328 g/mol. The standard InChI is InChI=1S/C12H16F4N2O2S/c1-8(17-2)9-3-5-10(6-4-9)21(19,20)18-7-12(15,16)11(13)14/h3-6,8,11,17-18H,7H2,1-2H3. The molecule has 1 aromatic carbocycles. The fourth-order valence-corrected chi connectivity index (χ4v) is 2.50. The molecule has 0 saturated heterocycles. The lowest BCUT2D eigenvalue weighted by atomic mass is 10.1. The lowest BCUT2D eigenvalue weighted by Gasteiger charge is -2.16. The minimum absolute atomic E-state index is 0.0159. The zero-order chi connectivity index (χ0) is 16.3. The van der Waals surface area contributed by atoms with Gasteiger partial charge in [-0.25, -0.2) is 21.9 Å². The first-order chi connectivity index (χ1) is 9.60. The Labute approximate surface area is 120 Å². The molecule has 0 aliphatic carbocycles. The van der Waals surface area contributed by atoms with Gasteiger partial charge in [-0.2, -0.15) is 8.78 Å². The number of rotatable bonds is 7. The Bertz CT molecular complexity index is 561. The average molecular weight is 328 g/mol. The summed E-state index contributed by atoms with van der Waals surface area (Å²) in [6.45, 7) is 0.201. The summed E-state index contributed by atoms with van der Waals surface area (Å²) < 4.78 is 74.4. The van der Waals surface area contributed by atoms with Crippen LogP contribution in [0.2, 0.25) is 0 Å². The van der Waals surface area contributed by atoms with Gasteiger partial charge in [-0.05, 0) is 31.7 Å². The molecule has 21 heavy (non-hydrogen) atoms. The van der Waals surface area contributed by atoms with Gasteiger partial charge in [0.2, 0.25) is 10.0 Å². The molecule has 0 saturated carbocycles. The lowest BCUT2D eigenvalue weighted by Crippen LogP contribution is -2.41. The second-order valence-corrected chi connectivity index (χ2v) is 6.23. The number of halogens is 4. The van der Waals surface area contributed by atoms with Crippen molar-refractivity contribution in [2.45, 2.75) is 30.2 Å². The van der Waals surface area contributed by atoms with Gasteiger partial charge in [0.1, 0.15) is 0 Å². The number of nitrogens with one attached hydrogen (secondary N) is 2. The van der Waals surface area contributed by atoms with Crippen molar-refractivity contribution in [3.05, 3.63) is 29.8 Å². The molecule has 120 valence electrons. The van der Waals surface area contributed by atoms with Crippen LogP contribution < -0.4 is 10.0 Å². The molecule has 1 aromatic rings. The third-order valence-corrected chi connectivity index (χ3v) is 4.36. The summed E-state index contributed by atoms with van der Waals surface area (Å²) in [6, 6.07) is 5.47. The van der Waals surface area contributed by atoms with Crippen molar-refractivity contribution in [2.75, 3.05) is 13.6 Å². The van der Waals surface area contributed by atoms with Gasteiger partial charge in [0, 0.05) is 6.04 Å². The van der Waals surface area contributed by atoms with Crippen molar-refractivity contribution < 1.29 is 26.0 Å². The largest absolute Gasteiger partial charge is 0.320 e. The number of sulfonamides is 1. The van der Waals surface area contributed by atoms with E-state index < -0.39 is 28.9 Å². The van der Waals surface area contributed by atoms with E-state index in [4.69, 9.17) is 0 Å².